The van der Waals surface area contributed by atoms with Gasteiger partial charge in [0.25, 0.3) is 0 Å². The molecule has 114 valence electrons. The number of carboxylic acid groups (broad SMARTS) is 1. The van der Waals surface area contributed by atoms with Crippen LogP contribution >= 0.6 is 15.9 Å². The summed E-state index contributed by atoms with van der Waals surface area (Å²) >= 11 is 3.40. The Bertz CT molecular complexity index is 515. The van der Waals surface area contributed by atoms with Gasteiger partial charge in [-0.25, -0.2) is 0 Å². The number of rotatable bonds is 4. The minimum atomic E-state index is -0.798. The van der Waals surface area contributed by atoms with Gasteiger partial charge in [-0.05, 0) is 36.5 Å². The normalized spacial score (nSPS) is 20.1. The summed E-state index contributed by atoms with van der Waals surface area (Å²) in [6, 6.07) is 7.96. The molecule has 1 saturated heterocycles. The highest BCUT2D eigenvalue weighted by Gasteiger charge is 2.28. The van der Waals surface area contributed by atoms with Crippen molar-refractivity contribution in [1.29, 1.82) is 0 Å². The van der Waals surface area contributed by atoms with E-state index in [1.807, 2.05) is 31.2 Å². The van der Waals surface area contributed by atoms with Gasteiger partial charge in [0.2, 0.25) is 5.91 Å². The highest BCUT2D eigenvalue weighted by atomic mass is 79.9. The van der Waals surface area contributed by atoms with E-state index in [0.717, 1.165) is 16.5 Å². The number of nitrogens with zero attached hydrogens (tertiary/aromatic N) is 1. The maximum absolute atomic E-state index is 12.3. The van der Waals surface area contributed by atoms with Gasteiger partial charge in [0, 0.05) is 24.0 Å². The molecule has 1 heterocycles. The van der Waals surface area contributed by atoms with Crippen LogP contribution in [0.4, 0.5) is 0 Å². The SMILES string of the molecule is CC(CC(=O)N1CCC[C@H](C(=O)O)C1)c1ccc(Br)cc1. The Morgan fingerprint density at radius 3 is 2.67 bits per heavy atom. The Morgan fingerprint density at radius 2 is 2.05 bits per heavy atom. The van der Waals surface area contributed by atoms with Gasteiger partial charge < -0.3 is 10.0 Å². The van der Waals surface area contributed by atoms with Gasteiger partial charge in [0.15, 0.2) is 0 Å². The Morgan fingerprint density at radius 1 is 1.38 bits per heavy atom. The van der Waals surface area contributed by atoms with Gasteiger partial charge >= 0.3 is 5.97 Å². The van der Waals surface area contributed by atoms with Crippen LogP contribution in [-0.2, 0) is 9.59 Å². The zero-order chi connectivity index (χ0) is 15.4. The van der Waals surface area contributed by atoms with Crippen LogP contribution in [-0.4, -0.2) is 35.0 Å². The van der Waals surface area contributed by atoms with Crippen molar-refractivity contribution in [2.45, 2.75) is 32.1 Å². The molecule has 2 rings (SSSR count). The molecule has 1 unspecified atom stereocenters. The van der Waals surface area contributed by atoms with Crippen molar-refractivity contribution in [3.63, 3.8) is 0 Å². The van der Waals surface area contributed by atoms with Crippen LogP contribution < -0.4 is 0 Å². The van der Waals surface area contributed by atoms with Crippen molar-refractivity contribution in [1.82, 2.24) is 4.90 Å². The summed E-state index contributed by atoms with van der Waals surface area (Å²) in [7, 11) is 0. The predicted molar refractivity (Wildman–Crippen MR) is 84.1 cm³/mol. The molecule has 1 amide bonds. The zero-order valence-electron chi connectivity index (χ0n) is 12.1. The maximum atomic E-state index is 12.3. The molecule has 1 aromatic carbocycles. The third-order valence-corrected chi connectivity index (χ3v) is 4.57. The second-order valence-corrected chi connectivity index (χ2v) is 6.59. The number of likely N-dealkylation sites (tertiary alicyclic amines) is 1. The number of halogens is 1. The van der Waals surface area contributed by atoms with Crippen LogP contribution in [0.1, 0.15) is 37.7 Å². The fourth-order valence-corrected chi connectivity index (χ4v) is 2.97. The Hall–Kier alpha value is -1.36. The monoisotopic (exact) mass is 353 g/mol. The first-order valence-corrected chi connectivity index (χ1v) is 8.02. The molecular weight excluding hydrogens is 334 g/mol. The molecule has 21 heavy (non-hydrogen) atoms. The maximum Gasteiger partial charge on any atom is 0.308 e. The van der Waals surface area contributed by atoms with Gasteiger partial charge in [-0.2, -0.15) is 0 Å². The lowest BCUT2D eigenvalue weighted by molar-refractivity contribution is -0.145. The summed E-state index contributed by atoms with van der Waals surface area (Å²) in [5.74, 6) is -1.02. The minimum absolute atomic E-state index is 0.0522. The lowest BCUT2D eigenvalue weighted by atomic mass is 9.94. The number of benzene rings is 1. The summed E-state index contributed by atoms with van der Waals surface area (Å²) in [6.45, 7) is 3.05. The summed E-state index contributed by atoms with van der Waals surface area (Å²) in [6.07, 6.45) is 1.87. The summed E-state index contributed by atoms with van der Waals surface area (Å²) < 4.78 is 1.02. The second-order valence-electron chi connectivity index (χ2n) is 5.67. The molecule has 0 aromatic heterocycles. The zero-order valence-corrected chi connectivity index (χ0v) is 13.7. The van der Waals surface area contributed by atoms with E-state index in [1.54, 1.807) is 4.90 Å². The molecule has 2 atom stereocenters. The van der Waals surface area contributed by atoms with Crippen LogP contribution in [0.5, 0.6) is 0 Å². The van der Waals surface area contributed by atoms with Gasteiger partial charge in [0.05, 0.1) is 5.92 Å². The fraction of sp³-hybridized carbons (Fsp3) is 0.500. The van der Waals surface area contributed by atoms with E-state index in [9.17, 15) is 9.59 Å². The van der Waals surface area contributed by atoms with Crippen molar-refractivity contribution in [3.05, 3.63) is 34.3 Å². The topological polar surface area (TPSA) is 57.6 Å². The van der Waals surface area contributed by atoms with Crippen molar-refractivity contribution < 1.29 is 14.7 Å². The third kappa shape index (κ3) is 4.30. The predicted octanol–water partition coefficient (Wildman–Crippen LogP) is 3.27. The van der Waals surface area contributed by atoms with E-state index in [1.165, 1.54) is 0 Å². The Balaban J connectivity index is 1.94. The van der Waals surface area contributed by atoms with E-state index in [0.29, 0.717) is 25.9 Å². The first-order chi connectivity index (χ1) is 9.97. The van der Waals surface area contributed by atoms with Gasteiger partial charge in [-0.3, -0.25) is 9.59 Å². The number of amides is 1. The number of carbonyl (C=O) groups is 2. The third-order valence-electron chi connectivity index (χ3n) is 4.04. The lowest BCUT2D eigenvalue weighted by Crippen LogP contribution is -2.42. The minimum Gasteiger partial charge on any atom is -0.481 e. The number of hydrogen-bond acceptors (Lipinski definition) is 2. The van der Waals surface area contributed by atoms with E-state index >= 15 is 0 Å². The average molecular weight is 354 g/mol. The largest absolute Gasteiger partial charge is 0.481 e. The quantitative estimate of drug-likeness (QED) is 0.903. The van der Waals surface area contributed by atoms with Crippen LogP contribution in [0.15, 0.2) is 28.7 Å². The smallest absolute Gasteiger partial charge is 0.308 e. The number of carboxylic acids is 1. The highest BCUT2D eigenvalue weighted by Crippen LogP contribution is 2.24. The first-order valence-electron chi connectivity index (χ1n) is 7.23. The summed E-state index contributed by atoms with van der Waals surface area (Å²) in [5, 5.41) is 9.08. The standard InChI is InChI=1S/C16H20BrNO3/c1-11(12-4-6-14(17)7-5-12)9-15(19)18-8-2-3-13(10-18)16(20)21/h4-7,11,13H,2-3,8-10H2,1H3,(H,20,21)/t11?,13-/m0/s1. The molecule has 1 N–H and O–H groups in total. The van der Waals surface area contributed by atoms with Crippen molar-refractivity contribution in [3.8, 4) is 0 Å². The molecular formula is C16H20BrNO3. The molecule has 5 heteroatoms. The van der Waals surface area contributed by atoms with Crippen molar-refractivity contribution >= 4 is 27.8 Å². The van der Waals surface area contributed by atoms with Crippen LogP contribution in [0.25, 0.3) is 0 Å². The molecule has 1 aromatic rings. The summed E-state index contributed by atoms with van der Waals surface area (Å²) in [5.41, 5.74) is 1.12. The molecule has 4 nitrogen and oxygen atoms in total. The fourth-order valence-electron chi connectivity index (χ4n) is 2.71. The molecule has 0 aliphatic carbocycles. The van der Waals surface area contributed by atoms with Crippen molar-refractivity contribution in [2.75, 3.05) is 13.1 Å². The lowest BCUT2D eigenvalue weighted by Gasteiger charge is -2.31. The van der Waals surface area contributed by atoms with Gasteiger partial charge in [-0.15, -0.1) is 0 Å². The van der Waals surface area contributed by atoms with Crippen LogP contribution in [0.3, 0.4) is 0 Å². The summed E-state index contributed by atoms with van der Waals surface area (Å²) in [4.78, 5) is 25.1. The van der Waals surface area contributed by atoms with E-state index in [-0.39, 0.29) is 11.8 Å². The van der Waals surface area contributed by atoms with Gasteiger partial charge in [0.1, 0.15) is 0 Å². The Kier molecular flexibility index (Phi) is 5.39. The molecule has 0 bridgehead atoms. The number of carbonyl (C=O) groups excluding carboxylic acids is 1. The molecule has 0 radical (unpaired) electrons. The number of piperidine rings is 1. The van der Waals surface area contributed by atoms with E-state index in [2.05, 4.69) is 15.9 Å². The molecule has 1 aliphatic rings. The van der Waals surface area contributed by atoms with Crippen molar-refractivity contribution in [2.24, 2.45) is 5.92 Å². The van der Waals surface area contributed by atoms with E-state index in [4.69, 9.17) is 5.11 Å². The van der Waals surface area contributed by atoms with Gasteiger partial charge in [-0.1, -0.05) is 35.0 Å². The Labute approximate surface area is 133 Å². The molecule has 0 saturated carbocycles. The van der Waals surface area contributed by atoms with Crippen LogP contribution in [0.2, 0.25) is 0 Å². The average Bonchev–Trinajstić information content (AvgIpc) is 2.48. The molecule has 1 fully saturated rings. The second kappa shape index (κ2) is 7.07. The molecule has 1 aliphatic heterocycles. The van der Waals surface area contributed by atoms with E-state index < -0.39 is 11.9 Å². The van der Waals surface area contributed by atoms with Crippen LogP contribution in [0, 0.1) is 5.92 Å². The number of hydrogen-bond donors (Lipinski definition) is 1. The first kappa shape index (κ1) is 16.0. The highest BCUT2D eigenvalue weighted by molar-refractivity contribution is 9.10. The molecule has 0 spiro atoms. The number of aliphatic carboxylic acids is 1.